The van der Waals surface area contributed by atoms with Crippen LogP contribution in [0.1, 0.15) is 42.4 Å². The monoisotopic (exact) mass is 523 g/mol. The summed E-state index contributed by atoms with van der Waals surface area (Å²) in [4.78, 5) is 15.4. The number of likely N-dealkylation sites (tertiary alicyclic amines) is 1. The molecule has 2 aliphatic rings. The van der Waals surface area contributed by atoms with Crippen molar-refractivity contribution in [2.75, 3.05) is 26.2 Å². The number of carbonyl (C=O) groups is 1. The fourth-order valence-electron chi connectivity index (χ4n) is 4.73. The SMILES string of the molecule is O=C(NCc1ccccc1CN1CCCC1)[C@@H]1CCCN(S(=O)(=O)Cc2ccc(Cl)cc2Cl)C1. The maximum Gasteiger partial charge on any atom is 0.224 e. The van der Waals surface area contributed by atoms with Gasteiger partial charge in [0, 0.05) is 36.2 Å². The van der Waals surface area contributed by atoms with E-state index in [-0.39, 0.29) is 24.1 Å². The lowest BCUT2D eigenvalue weighted by Gasteiger charge is -2.31. The van der Waals surface area contributed by atoms with E-state index in [2.05, 4.69) is 22.3 Å². The first kappa shape index (κ1) is 25.5. The smallest absolute Gasteiger partial charge is 0.224 e. The topological polar surface area (TPSA) is 69.7 Å². The third kappa shape index (κ3) is 6.52. The van der Waals surface area contributed by atoms with E-state index in [1.165, 1.54) is 22.7 Å². The van der Waals surface area contributed by atoms with Crippen molar-refractivity contribution in [3.63, 3.8) is 0 Å². The Morgan fingerprint density at radius 2 is 1.71 bits per heavy atom. The number of amides is 1. The van der Waals surface area contributed by atoms with E-state index < -0.39 is 10.0 Å². The Morgan fingerprint density at radius 3 is 2.44 bits per heavy atom. The van der Waals surface area contributed by atoms with Crippen LogP contribution in [-0.4, -0.2) is 49.7 Å². The molecule has 34 heavy (non-hydrogen) atoms. The molecule has 1 N–H and O–H groups in total. The Balaban J connectivity index is 1.35. The second-order valence-corrected chi connectivity index (χ2v) is 12.0. The summed E-state index contributed by atoms with van der Waals surface area (Å²) in [5, 5.41) is 3.85. The maximum atomic E-state index is 13.0. The minimum atomic E-state index is -3.61. The van der Waals surface area contributed by atoms with Crippen LogP contribution in [0.2, 0.25) is 10.0 Å². The summed E-state index contributed by atoms with van der Waals surface area (Å²) in [5.41, 5.74) is 2.85. The summed E-state index contributed by atoms with van der Waals surface area (Å²) in [6.07, 6.45) is 3.81. The normalized spacial score (nSPS) is 19.9. The average molecular weight is 525 g/mol. The van der Waals surface area contributed by atoms with E-state index in [1.807, 2.05) is 12.1 Å². The first-order valence-corrected chi connectivity index (χ1v) is 14.2. The van der Waals surface area contributed by atoms with Crippen LogP contribution in [0.15, 0.2) is 42.5 Å². The van der Waals surface area contributed by atoms with Crippen LogP contribution in [0.5, 0.6) is 0 Å². The summed E-state index contributed by atoms with van der Waals surface area (Å²) in [6, 6.07) is 13.0. The van der Waals surface area contributed by atoms with Gasteiger partial charge in [-0.3, -0.25) is 9.69 Å². The van der Waals surface area contributed by atoms with Crippen molar-refractivity contribution >= 4 is 39.1 Å². The van der Waals surface area contributed by atoms with Crippen LogP contribution >= 0.6 is 23.2 Å². The zero-order valence-electron chi connectivity index (χ0n) is 19.2. The van der Waals surface area contributed by atoms with Crippen LogP contribution in [0.4, 0.5) is 0 Å². The number of hydrogen-bond acceptors (Lipinski definition) is 4. The van der Waals surface area contributed by atoms with Gasteiger partial charge in [-0.1, -0.05) is 53.5 Å². The molecule has 0 spiro atoms. The van der Waals surface area contributed by atoms with E-state index in [0.29, 0.717) is 41.5 Å². The minimum absolute atomic E-state index is 0.0969. The highest BCUT2D eigenvalue weighted by molar-refractivity contribution is 7.88. The zero-order valence-corrected chi connectivity index (χ0v) is 21.5. The van der Waals surface area contributed by atoms with Gasteiger partial charge < -0.3 is 5.32 Å². The number of nitrogens with one attached hydrogen (secondary N) is 1. The number of hydrogen-bond donors (Lipinski definition) is 1. The summed E-state index contributed by atoms with van der Waals surface area (Å²) in [7, 11) is -3.61. The second kappa shape index (κ2) is 11.4. The lowest BCUT2D eigenvalue weighted by atomic mass is 9.98. The molecule has 184 valence electrons. The second-order valence-electron chi connectivity index (χ2n) is 9.16. The maximum absolute atomic E-state index is 13.0. The molecule has 2 saturated heterocycles. The average Bonchev–Trinajstić information content (AvgIpc) is 3.33. The van der Waals surface area contributed by atoms with Gasteiger partial charge in [-0.2, -0.15) is 0 Å². The first-order chi connectivity index (χ1) is 16.3. The number of nitrogens with zero attached hydrogens (tertiary/aromatic N) is 2. The third-order valence-corrected chi connectivity index (χ3v) is 9.05. The van der Waals surface area contributed by atoms with Crippen molar-refractivity contribution in [3.8, 4) is 0 Å². The molecule has 2 aliphatic heterocycles. The molecule has 0 radical (unpaired) electrons. The van der Waals surface area contributed by atoms with E-state index >= 15 is 0 Å². The Morgan fingerprint density at radius 1 is 0.971 bits per heavy atom. The molecule has 0 aliphatic carbocycles. The van der Waals surface area contributed by atoms with Crippen molar-refractivity contribution in [1.82, 2.24) is 14.5 Å². The van der Waals surface area contributed by atoms with E-state index in [4.69, 9.17) is 23.2 Å². The van der Waals surface area contributed by atoms with Crippen molar-refractivity contribution < 1.29 is 13.2 Å². The number of carbonyl (C=O) groups excluding carboxylic acids is 1. The Hall–Kier alpha value is -1.64. The molecule has 4 rings (SSSR count). The number of piperidine rings is 1. The van der Waals surface area contributed by atoms with Gasteiger partial charge in [-0.25, -0.2) is 12.7 Å². The molecule has 0 unspecified atom stereocenters. The molecule has 0 aromatic heterocycles. The molecular weight excluding hydrogens is 493 g/mol. The quantitative estimate of drug-likeness (QED) is 0.554. The van der Waals surface area contributed by atoms with E-state index in [0.717, 1.165) is 25.2 Å². The van der Waals surface area contributed by atoms with Gasteiger partial charge in [0.25, 0.3) is 0 Å². The number of benzene rings is 2. The van der Waals surface area contributed by atoms with Crippen LogP contribution in [0.25, 0.3) is 0 Å². The van der Waals surface area contributed by atoms with Gasteiger partial charge in [-0.15, -0.1) is 0 Å². The lowest BCUT2D eigenvalue weighted by molar-refractivity contribution is -0.126. The van der Waals surface area contributed by atoms with Crippen molar-refractivity contribution in [2.45, 2.75) is 44.5 Å². The summed E-state index contributed by atoms with van der Waals surface area (Å²) in [6.45, 7) is 4.19. The van der Waals surface area contributed by atoms with Crippen LogP contribution < -0.4 is 5.32 Å². The number of halogens is 2. The highest BCUT2D eigenvalue weighted by Gasteiger charge is 2.32. The first-order valence-electron chi connectivity index (χ1n) is 11.8. The number of rotatable bonds is 8. The zero-order chi connectivity index (χ0) is 24.1. The van der Waals surface area contributed by atoms with Crippen molar-refractivity contribution in [3.05, 3.63) is 69.2 Å². The van der Waals surface area contributed by atoms with Crippen molar-refractivity contribution in [2.24, 2.45) is 5.92 Å². The molecular formula is C25H31Cl2N3O3S. The highest BCUT2D eigenvalue weighted by Crippen LogP contribution is 2.26. The molecule has 0 bridgehead atoms. The Labute approximate surface area is 212 Å². The molecule has 1 atom stereocenters. The summed E-state index contributed by atoms with van der Waals surface area (Å²) >= 11 is 12.1. The molecule has 2 fully saturated rings. The largest absolute Gasteiger partial charge is 0.352 e. The van der Waals surface area contributed by atoms with E-state index in [1.54, 1.807) is 18.2 Å². The van der Waals surface area contributed by atoms with Crippen LogP contribution in [0, 0.1) is 5.92 Å². The van der Waals surface area contributed by atoms with Gasteiger partial charge in [0.05, 0.1) is 11.7 Å². The standard InChI is InChI=1S/C25H31Cl2N3O3S/c26-23-10-9-22(24(27)14-23)18-34(32,33)30-13-5-8-21(17-30)25(31)28-15-19-6-1-2-7-20(19)16-29-11-3-4-12-29/h1-2,6-7,9-10,14,21H,3-5,8,11-13,15-18H2,(H,28,31)/t21-/m1/s1. The molecule has 2 heterocycles. The van der Waals surface area contributed by atoms with Gasteiger partial charge in [0.15, 0.2) is 0 Å². The fourth-order valence-corrected chi connectivity index (χ4v) is 6.92. The number of sulfonamides is 1. The third-order valence-electron chi connectivity index (χ3n) is 6.67. The Bertz CT molecular complexity index is 1120. The van der Waals surface area contributed by atoms with Crippen LogP contribution in [0.3, 0.4) is 0 Å². The predicted octanol–water partition coefficient (Wildman–Crippen LogP) is 4.45. The highest BCUT2D eigenvalue weighted by atomic mass is 35.5. The lowest BCUT2D eigenvalue weighted by Crippen LogP contribution is -2.45. The summed E-state index contributed by atoms with van der Waals surface area (Å²) in [5.74, 6) is -0.670. The molecule has 1 amide bonds. The van der Waals surface area contributed by atoms with Crippen LogP contribution in [-0.2, 0) is 33.7 Å². The van der Waals surface area contributed by atoms with Crippen molar-refractivity contribution in [1.29, 1.82) is 0 Å². The fraction of sp³-hybridized carbons (Fsp3) is 0.480. The minimum Gasteiger partial charge on any atom is -0.352 e. The molecule has 9 heteroatoms. The van der Waals surface area contributed by atoms with Gasteiger partial charge in [0.2, 0.25) is 15.9 Å². The Kier molecular flexibility index (Phi) is 8.53. The molecule has 2 aromatic rings. The molecule has 0 saturated carbocycles. The van der Waals surface area contributed by atoms with Gasteiger partial charge in [-0.05, 0) is 67.6 Å². The predicted molar refractivity (Wildman–Crippen MR) is 136 cm³/mol. The van der Waals surface area contributed by atoms with E-state index in [9.17, 15) is 13.2 Å². The van der Waals surface area contributed by atoms with Gasteiger partial charge >= 0.3 is 0 Å². The molecule has 6 nitrogen and oxygen atoms in total. The summed E-state index contributed by atoms with van der Waals surface area (Å²) < 4.78 is 27.5. The van der Waals surface area contributed by atoms with Gasteiger partial charge in [0.1, 0.15) is 0 Å². The molecule has 2 aromatic carbocycles.